The van der Waals surface area contributed by atoms with Crippen LogP contribution in [0.4, 0.5) is 5.82 Å². The van der Waals surface area contributed by atoms with Gasteiger partial charge in [0, 0.05) is 45.2 Å². The highest BCUT2D eigenvalue weighted by atomic mass is 35.5. The SMILES string of the molecule is CC(=O)N(CC(=O)N1CCCN(c2ccc(-c3ccccc3Cl)nn2)CC1)CC1CC1. The van der Waals surface area contributed by atoms with Crippen LogP contribution in [-0.4, -0.2) is 71.1 Å². The first kappa shape index (κ1) is 21.6. The summed E-state index contributed by atoms with van der Waals surface area (Å²) in [5.74, 6) is 1.37. The molecule has 7 nitrogen and oxygen atoms in total. The third kappa shape index (κ3) is 5.53. The minimum atomic E-state index is -0.0226. The average molecular weight is 442 g/mol. The maximum atomic E-state index is 12.8. The molecule has 2 amide bonds. The molecule has 2 fully saturated rings. The van der Waals surface area contributed by atoms with Crippen LogP contribution in [0, 0.1) is 5.92 Å². The van der Waals surface area contributed by atoms with Gasteiger partial charge in [-0.25, -0.2) is 0 Å². The van der Waals surface area contributed by atoms with Gasteiger partial charge in [-0.3, -0.25) is 9.59 Å². The first-order valence-corrected chi connectivity index (χ1v) is 11.3. The molecule has 1 aliphatic carbocycles. The molecule has 2 aromatic rings. The Labute approximate surface area is 188 Å². The van der Waals surface area contributed by atoms with Gasteiger partial charge in [0.15, 0.2) is 5.82 Å². The Morgan fingerprint density at radius 1 is 1.06 bits per heavy atom. The Hall–Kier alpha value is -2.67. The number of amides is 2. The minimum absolute atomic E-state index is 0.0226. The van der Waals surface area contributed by atoms with Gasteiger partial charge in [-0.15, -0.1) is 10.2 Å². The normalized spacial score (nSPS) is 16.7. The van der Waals surface area contributed by atoms with Gasteiger partial charge in [0.25, 0.3) is 0 Å². The number of benzene rings is 1. The lowest BCUT2D eigenvalue weighted by Gasteiger charge is -2.26. The summed E-state index contributed by atoms with van der Waals surface area (Å²) in [5, 5.41) is 9.41. The van der Waals surface area contributed by atoms with E-state index in [1.807, 2.05) is 41.3 Å². The van der Waals surface area contributed by atoms with E-state index in [4.69, 9.17) is 11.6 Å². The molecule has 1 aromatic carbocycles. The number of rotatable bonds is 6. The van der Waals surface area contributed by atoms with E-state index in [-0.39, 0.29) is 18.4 Å². The fraction of sp³-hybridized carbons (Fsp3) is 0.478. The Morgan fingerprint density at radius 3 is 2.55 bits per heavy atom. The highest BCUT2D eigenvalue weighted by Gasteiger charge is 2.28. The maximum absolute atomic E-state index is 12.8. The number of anilines is 1. The predicted molar refractivity (Wildman–Crippen MR) is 121 cm³/mol. The summed E-state index contributed by atoms with van der Waals surface area (Å²) in [6.45, 7) is 5.23. The molecule has 164 valence electrons. The van der Waals surface area contributed by atoms with Crippen LogP contribution in [0.2, 0.25) is 5.02 Å². The van der Waals surface area contributed by atoms with Crippen molar-refractivity contribution < 1.29 is 9.59 Å². The van der Waals surface area contributed by atoms with Gasteiger partial charge in [-0.05, 0) is 43.4 Å². The summed E-state index contributed by atoms with van der Waals surface area (Å²) in [7, 11) is 0. The minimum Gasteiger partial charge on any atom is -0.353 e. The number of carbonyl (C=O) groups excluding carboxylic acids is 2. The van der Waals surface area contributed by atoms with Gasteiger partial charge < -0.3 is 14.7 Å². The van der Waals surface area contributed by atoms with Gasteiger partial charge in [0.2, 0.25) is 11.8 Å². The lowest BCUT2D eigenvalue weighted by atomic mass is 10.1. The third-order valence-electron chi connectivity index (χ3n) is 5.92. The highest BCUT2D eigenvalue weighted by Crippen LogP contribution is 2.30. The highest BCUT2D eigenvalue weighted by molar-refractivity contribution is 6.33. The number of halogens is 1. The van der Waals surface area contributed by atoms with Gasteiger partial charge in [0.05, 0.1) is 17.3 Å². The number of aromatic nitrogens is 2. The van der Waals surface area contributed by atoms with E-state index in [0.717, 1.165) is 42.9 Å². The topological polar surface area (TPSA) is 69.6 Å². The van der Waals surface area contributed by atoms with Crippen LogP contribution < -0.4 is 4.90 Å². The largest absolute Gasteiger partial charge is 0.353 e. The molecule has 0 atom stereocenters. The van der Waals surface area contributed by atoms with E-state index in [1.54, 1.807) is 11.8 Å². The second-order valence-corrected chi connectivity index (χ2v) is 8.73. The van der Waals surface area contributed by atoms with Crippen LogP contribution in [0.5, 0.6) is 0 Å². The second-order valence-electron chi connectivity index (χ2n) is 8.32. The van der Waals surface area contributed by atoms with Crippen LogP contribution in [0.15, 0.2) is 36.4 Å². The zero-order valence-electron chi connectivity index (χ0n) is 17.8. The zero-order valence-corrected chi connectivity index (χ0v) is 18.6. The summed E-state index contributed by atoms with van der Waals surface area (Å²) in [5.41, 5.74) is 1.60. The molecule has 1 aromatic heterocycles. The zero-order chi connectivity index (χ0) is 21.8. The van der Waals surface area contributed by atoms with Crippen molar-refractivity contribution in [3.05, 3.63) is 41.4 Å². The predicted octanol–water partition coefficient (Wildman–Crippen LogP) is 3.09. The Bertz CT molecular complexity index is 932. The summed E-state index contributed by atoms with van der Waals surface area (Å²) in [6, 6.07) is 11.5. The molecular weight excluding hydrogens is 414 g/mol. The molecule has 0 unspecified atom stereocenters. The molecule has 8 heteroatoms. The number of hydrogen-bond donors (Lipinski definition) is 0. The average Bonchev–Trinajstić information content (AvgIpc) is 3.60. The van der Waals surface area contributed by atoms with Gasteiger partial charge in [0.1, 0.15) is 0 Å². The molecule has 2 aliphatic rings. The van der Waals surface area contributed by atoms with Crippen molar-refractivity contribution in [3.63, 3.8) is 0 Å². The lowest BCUT2D eigenvalue weighted by Crippen LogP contribution is -2.44. The van der Waals surface area contributed by atoms with E-state index in [0.29, 0.717) is 37.1 Å². The molecule has 1 saturated heterocycles. The Balaban J connectivity index is 1.35. The maximum Gasteiger partial charge on any atom is 0.242 e. The van der Waals surface area contributed by atoms with Crippen molar-refractivity contribution in [2.24, 2.45) is 5.92 Å². The van der Waals surface area contributed by atoms with Crippen molar-refractivity contribution >= 4 is 29.2 Å². The van der Waals surface area contributed by atoms with Crippen LogP contribution in [0.25, 0.3) is 11.3 Å². The molecule has 0 radical (unpaired) electrons. The van der Waals surface area contributed by atoms with Crippen LogP contribution in [0.3, 0.4) is 0 Å². The summed E-state index contributed by atoms with van der Waals surface area (Å²) < 4.78 is 0. The number of carbonyl (C=O) groups is 2. The second kappa shape index (κ2) is 9.64. The first-order chi connectivity index (χ1) is 15.0. The number of nitrogens with zero attached hydrogens (tertiary/aromatic N) is 5. The molecule has 0 bridgehead atoms. The lowest BCUT2D eigenvalue weighted by molar-refractivity contribution is -0.139. The van der Waals surface area contributed by atoms with Crippen LogP contribution >= 0.6 is 11.6 Å². The standard InChI is InChI=1S/C23H28ClN5O2/c1-17(30)29(15-18-7-8-18)16-23(31)28-12-4-11-27(13-14-28)22-10-9-21(25-26-22)19-5-2-3-6-20(19)24/h2-3,5-6,9-10,18H,4,7-8,11-16H2,1H3. The van der Waals surface area contributed by atoms with E-state index in [2.05, 4.69) is 15.1 Å². The van der Waals surface area contributed by atoms with Crippen molar-refractivity contribution in [1.29, 1.82) is 0 Å². The monoisotopic (exact) mass is 441 g/mol. The molecule has 0 N–H and O–H groups in total. The van der Waals surface area contributed by atoms with Crippen molar-refractivity contribution in [3.8, 4) is 11.3 Å². The van der Waals surface area contributed by atoms with Gasteiger partial charge in [-0.2, -0.15) is 0 Å². The molecule has 1 aliphatic heterocycles. The summed E-state index contributed by atoms with van der Waals surface area (Å²) >= 11 is 6.26. The molecule has 2 heterocycles. The molecule has 31 heavy (non-hydrogen) atoms. The van der Waals surface area contributed by atoms with E-state index in [1.165, 1.54) is 0 Å². The van der Waals surface area contributed by atoms with Gasteiger partial charge in [-0.1, -0.05) is 29.8 Å². The molecule has 0 spiro atoms. The van der Waals surface area contributed by atoms with Gasteiger partial charge >= 0.3 is 0 Å². The van der Waals surface area contributed by atoms with Crippen molar-refractivity contribution in [2.45, 2.75) is 26.2 Å². The molecular formula is C23H28ClN5O2. The fourth-order valence-electron chi connectivity index (χ4n) is 3.88. The van der Waals surface area contributed by atoms with Crippen LogP contribution in [0.1, 0.15) is 26.2 Å². The summed E-state index contributed by atoms with van der Waals surface area (Å²) in [6.07, 6.45) is 3.17. The Morgan fingerprint density at radius 2 is 1.87 bits per heavy atom. The van der Waals surface area contributed by atoms with E-state index < -0.39 is 0 Å². The van der Waals surface area contributed by atoms with E-state index >= 15 is 0 Å². The number of hydrogen-bond acceptors (Lipinski definition) is 5. The molecule has 4 rings (SSSR count). The van der Waals surface area contributed by atoms with E-state index in [9.17, 15) is 9.59 Å². The Kier molecular flexibility index (Phi) is 6.70. The quantitative estimate of drug-likeness (QED) is 0.689. The summed E-state index contributed by atoms with van der Waals surface area (Å²) in [4.78, 5) is 30.4. The third-order valence-corrected chi connectivity index (χ3v) is 6.25. The fourth-order valence-corrected chi connectivity index (χ4v) is 4.11. The van der Waals surface area contributed by atoms with Crippen LogP contribution in [-0.2, 0) is 9.59 Å². The molecule has 1 saturated carbocycles. The van der Waals surface area contributed by atoms with Crippen molar-refractivity contribution in [2.75, 3.05) is 44.2 Å². The van der Waals surface area contributed by atoms with Crippen molar-refractivity contribution in [1.82, 2.24) is 20.0 Å². The smallest absolute Gasteiger partial charge is 0.242 e. The first-order valence-electron chi connectivity index (χ1n) is 10.9.